The number of methoxy groups -OCH3 is 1. The molecule has 0 aromatic heterocycles. The highest BCUT2D eigenvalue weighted by Crippen LogP contribution is 2.31. The molecular formula is C17H22F2N2O3. The first-order chi connectivity index (χ1) is 11.4. The molecule has 2 amide bonds. The lowest BCUT2D eigenvalue weighted by molar-refractivity contribution is -0.142. The molecule has 0 radical (unpaired) electrons. The molecule has 0 aliphatic carbocycles. The normalized spacial score (nSPS) is 16.8. The summed E-state index contributed by atoms with van der Waals surface area (Å²) >= 11 is 0. The second kappa shape index (κ2) is 7.70. The average Bonchev–Trinajstić information content (AvgIpc) is 2.54. The van der Waals surface area contributed by atoms with Gasteiger partial charge in [0.05, 0.1) is 0 Å². The van der Waals surface area contributed by atoms with Gasteiger partial charge in [0, 0.05) is 43.8 Å². The van der Waals surface area contributed by atoms with E-state index in [1.165, 1.54) is 13.2 Å². The van der Waals surface area contributed by atoms with Gasteiger partial charge < -0.3 is 15.0 Å². The molecule has 1 aromatic carbocycles. The third kappa shape index (κ3) is 4.29. The number of piperidine rings is 1. The predicted molar refractivity (Wildman–Crippen MR) is 84.0 cm³/mol. The van der Waals surface area contributed by atoms with Crippen molar-refractivity contribution in [3.8, 4) is 0 Å². The molecule has 0 unspecified atom stereocenters. The average molecular weight is 340 g/mol. The third-order valence-electron chi connectivity index (χ3n) is 4.49. The van der Waals surface area contributed by atoms with E-state index >= 15 is 0 Å². The highest BCUT2D eigenvalue weighted by atomic mass is 19.1. The Morgan fingerprint density at radius 3 is 2.54 bits per heavy atom. The van der Waals surface area contributed by atoms with Gasteiger partial charge in [-0.15, -0.1) is 0 Å². The minimum atomic E-state index is -0.680. The first-order valence-electron chi connectivity index (χ1n) is 7.84. The van der Waals surface area contributed by atoms with Gasteiger partial charge >= 0.3 is 0 Å². The van der Waals surface area contributed by atoms with Crippen molar-refractivity contribution in [3.63, 3.8) is 0 Å². The van der Waals surface area contributed by atoms with E-state index in [9.17, 15) is 18.4 Å². The van der Waals surface area contributed by atoms with Gasteiger partial charge in [0.1, 0.15) is 18.2 Å². The summed E-state index contributed by atoms with van der Waals surface area (Å²) in [7, 11) is 1.47. The Morgan fingerprint density at radius 1 is 1.29 bits per heavy atom. The van der Waals surface area contributed by atoms with Gasteiger partial charge in [-0.2, -0.15) is 0 Å². The van der Waals surface area contributed by atoms with E-state index in [1.54, 1.807) is 4.90 Å². The van der Waals surface area contributed by atoms with Gasteiger partial charge in [-0.25, -0.2) is 8.78 Å². The third-order valence-corrected chi connectivity index (χ3v) is 4.49. The van der Waals surface area contributed by atoms with Crippen LogP contribution in [0, 0.1) is 17.0 Å². The maximum absolute atomic E-state index is 13.6. The van der Waals surface area contributed by atoms with Crippen molar-refractivity contribution >= 4 is 11.8 Å². The molecule has 7 heteroatoms. The lowest BCUT2D eigenvalue weighted by Gasteiger charge is -2.38. The topological polar surface area (TPSA) is 58.6 Å². The number of carbonyl (C=O) groups is 2. The maximum Gasteiger partial charge on any atom is 0.248 e. The molecular weight excluding hydrogens is 318 g/mol. The Balaban J connectivity index is 1.89. The summed E-state index contributed by atoms with van der Waals surface area (Å²) in [6.45, 7) is 2.84. The van der Waals surface area contributed by atoms with Crippen molar-refractivity contribution in [2.45, 2.75) is 26.3 Å². The van der Waals surface area contributed by atoms with E-state index in [1.807, 2.05) is 6.92 Å². The maximum atomic E-state index is 13.6. The van der Waals surface area contributed by atoms with E-state index in [0.717, 1.165) is 12.1 Å². The van der Waals surface area contributed by atoms with Crippen LogP contribution in [0.2, 0.25) is 0 Å². The van der Waals surface area contributed by atoms with Crippen molar-refractivity contribution in [3.05, 3.63) is 35.4 Å². The molecule has 2 rings (SSSR count). The summed E-state index contributed by atoms with van der Waals surface area (Å²) < 4.78 is 31.3. The summed E-state index contributed by atoms with van der Waals surface area (Å²) in [5.41, 5.74) is -0.374. The summed E-state index contributed by atoms with van der Waals surface area (Å²) in [6, 6.07) is 3.27. The number of likely N-dealkylation sites (tertiary alicyclic amines) is 1. The number of benzene rings is 1. The zero-order valence-corrected chi connectivity index (χ0v) is 13.9. The number of nitrogens with one attached hydrogen (secondary N) is 1. The predicted octanol–water partition coefficient (Wildman–Crippen LogP) is 1.86. The minimum Gasteiger partial charge on any atom is -0.375 e. The molecule has 1 aromatic rings. The van der Waals surface area contributed by atoms with Gasteiger partial charge in [-0.05, 0) is 18.9 Å². The number of carbonyl (C=O) groups excluding carboxylic acids is 2. The van der Waals surface area contributed by atoms with Crippen LogP contribution in [0.4, 0.5) is 8.78 Å². The first kappa shape index (κ1) is 18.3. The van der Waals surface area contributed by atoms with E-state index in [-0.39, 0.29) is 30.5 Å². The Hall–Kier alpha value is -2.02. The minimum absolute atomic E-state index is 0.00680. The van der Waals surface area contributed by atoms with Crippen LogP contribution in [0.15, 0.2) is 18.2 Å². The Morgan fingerprint density at radius 2 is 1.96 bits per heavy atom. The molecule has 1 saturated heterocycles. The fraction of sp³-hybridized carbons (Fsp3) is 0.529. The van der Waals surface area contributed by atoms with Crippen LogP contribution in [-0.2, 0) is 20.9 Å². The molecule has 0 bridgehead atoms. The van der Waals surface area contributed by atoms with Gasteiger partial charge in [0.25, 0.3) is 0 Å². The van der Waals surface area contributed by atoms with Crippen LogP contribution in [0.1, 0.15) is 25.3 Å². The van der Waals surface area contributed by atoms with Crippen LogP contribution in [0.3, 0.4) is 0 Å². The largest absolute Gasteiger partial charge is 0.375 e. The molecule has 24 heavy (non-hydrogen) atoms. The van der Waals surface area contributed by atoms with Crippen LogP contribution < -0.4 is 5.32 Å². The number of nitrogens with zero attached hydrogens (tertiary/aromatic N) is 1. The van der Waals surface area contributed by atoms with Gasteiger partial charge in [-0.3, -0.25) is 9.59 Å². The second-order valence-electron chi connectivity index (χ2n) is 6.29. The molecule has 1 N–H and O–H groups in total. The Bertz CT molecular complexity index is 614. The fourth-order valence-corrected chi connectivity index (χ4v) is 2.75. The first-order valence-corrected chi connectivity index (χ1v) is 7.84. The summed E-state index contributed by atoms with van der Waals surface area (Å²) in [5, 5.41) is 2.71. The molecule has 0 spiro atoms. The van der Waals surface area contributed by atoms with Crippen molar-refractivity contribution in [2.24, 2.45) is 5.41 Å². The molecule has 0 atom stereocenters. The zero-order chi connectivity index (χ0) is 17.7. The van der Waals surface area contributed by atoms with Gasteiger partial charge in [-0.1, -0.05) is 13.0 Å². The molecule has 0 saturated carbocycles. The molecule has 1 aliphatic heterocycles. The second-order valence-corrected chi connectivity index (χ2v) is 6.29. The zero-order valence-electron chi connectivity index (χ0n) is 13.9. The lowest BCUT2D eigenvalue weighted by atomic mass is 9.79. The number of amides is 2. The molecule has 1 fully saturated rings. The van der Waals surface area contributed by atoms with Crippen molar-refractivity contribution in [2.75, 3.05) is 26.8 Å². The standard InChI is InChI=1S/C17H22F2N2O3/c1-17(5-7-21(8-6-17)15(22)11-24-2)16(23)20-10-12-3-4-13(18)9-14(12)19/h3-4,9H,5-8,10-11H2,1-2H3,(H,20,23). The molecule has 132 valence electrons. The number of ether oxygens (including phenoxy) is 1. The van der Waals surface area contributed by atoms with Crippen LogP contribution in [-0.4, -0.2) is 43.5 Å². The van der Waals surface area contributed by atoms with Crippen LogP contribution in [0.5, 0.6) is 0 Å². The number of rotatable bonds is 5. The fourth-order valence-electron chi connectivity index (χ4n) is 2.75. The van der Waals surface area contributed by atoms with E-state index in [0.29, 0.717) is 25.9 Å². The number of halogens is 2. The van der Waals surface area contributed by atoms with Crippen molar-refractivity contribution in [1.82, 2.24) is 10.2 Å². The Kier molecular flexibility index (Phi) is 5.88. The van der Waals surface area contributed by atoms with Crippen LogP contribution in [0.25, 0.3) is 0 Å². The van der Waals surface area contributed by atoms with E-state index < -0.39 is 17.0 Å². The summed E-state index contributed by atoms with van der Waals surface area (Å²) in [6.07, 6.45) is 1.06. The van der Waals surface area contributed by atoms with Gasteiger partial charge in [0.2, 0.25) is 11.8 Å². The Labute approximate surface area is 140 Å². The van der Waals surface area contributed by atoms with Crippen molar-refractivity contribution in [1.29, 1.82) is 0 Å². The number of hydrogen-bond acceptors (Lipinski definition) is 3. The smallest absolute Gasteiger partial charge is 0.248 e. The number of hydrogen-bond donors (Lipinski definition) is 1. The molecule has 1 heterocycles. The van der Waals surface area contributed by atoms with Crippen LogP contribution >= 0.6 is 0 Å². The highest BCUT2D eigenvalue weighted by Gasteiger charge is 2.37. The highest BCUT2D eigenvalue weighted by molar-refractivity contribution is 5.83. The van der Waals surface area contributed by atoms with Gasteiger partial charge in [0.15, 0.2) is 0 Å². The monoisotopic (exact) mass is 340 g/mol. The molecule has 5 nitrogen and oxygen atoms in total. The lowest BCUT2D eigenvalue weighted by Crippen LogP contribution is -2.49. The molecule has 1 aliphatic rings. The summed E-state index contributed by atoms with van der Waals surface area (Å²) in [5.74, 6) is -1.61. The summed E-state index contributed by atoms with van der Waals surface area (Å²) in [4.78, 5) is 25.9. The SMILES string of the molecule is COCC(=O)N1CCC(C)(C(=O)NCc2ccc(F)cc2F)CC1. The van der Waals surface area contributed by atoms with E-state index in [2.05, 4.69) is 5.32 Å². The van der Waals surface area contributed by atoms with Crippen molar-refractivity contribution < 1.29 is 23.1 Å². The quantitative estimate of drug-likeness (QED) is 0.890. The van der Waals surface area contributed by atoms with E-state index in [4.69, 9.17) is 4.74 Å².